The molecule has 7 heteroatoms. The molecule has 4 rings (SSSR count). The van der Waals surface area contributed by atoms with Crippen molar-refractivity contribution in [1.29, 1.82) is 0 Å². The summed E-state index contributed by atoms with van der Waals surface area (Å²) in [4.78, 5) is 12.9. The Kier molecular flexibility index (Phi) is 5.25. The minimum Gasteiger partial charge on any atom is -0.497 e. The lowest BCUT2D eigenvalue weighted by molar-refractivity contribution is 0.0923. The van der Waals surface area contributed by atoms with E-state index in [2.05, 4.69) is 10.0 Å². The Morgan fingerprint density at radius 2 is 1.83 bits per heavy atom. The minimum atomic E-state index is -3.77. The van der Waals surface area contributed by atoms with Crippen molar-refractivity contribution in [2.75, 3.05) is 11.8 Å². The van der Waals surface area contributed by atoms with E-state index in [4.69, 9.17) is 4.74 Å². The molecule has 0 spiro atoms. The summed E-state index contributed by atoms with van der Waals surface area (Å²) in [5.41, 5.74) is 1.62. The third kappa shape index (κ3) is 4.10. The number of rotatable bonds is 6. The molecular weight excluding hydrogens is 388 g/mol. The zero-order valence-electron chi connectivity index (χ0n) is 16.6. The predicted molar refractivity (Wildman–Crippen MR) is 112 cm³/mol. The second-order valence-electron chi connectivity index (χ2n) is 8.07. The highest BCUT2D eigenvalue weighted by atomic mass is 32.2. The van der Waals surface area contributed by atoms with Gasteiger partial charge in [0.2, 0.25) is 0 Å². The number of carbonyl (C=O) groups excluding carboxylic acids is 1. The van der Waals surface area contributed by atoms with Gasteiger partial charge in [0.15, 0.2) is 0 Å². The van der Waals surface area contributed by atoms with Crippen LogP contribution in [-0.4, -0.2) is 27.5 Å². The Bertz CT molecular complexity index is 1020. The first-order chi connectivity index (χ1) is 13.9. The van der Waals surface area contributed by atoms with Gasteiger partial charge in [-0.1, -0.05) is 12.5 Å². The van der Waals surface area contributed by atoms with Gasteiger partial charge in [-0.05, 0) is 80.0 Å². The number of amides is 1. The fraction of sp³-hybridized carbons (Fsp3) is 0.409. The molecule has 6 nitrogen and oxygen atoms in total. The van der Waals surface area contributed by atoms with Gasteiger partial charge in [0, 0.05) is 11.6 Å². The van der Waals surface area contributed by atoms with Crippen LogP contribution in [0.4, 0.5) is 5.69 Å². The fourth-order valence-corrected chi connectivity index (χ4v) is 5.63. The van der Waals surface area contributed by atoms with Crippen molar-refractivity contribution in [2.45, 2.75) is 43.5 Å². The molecule has 0 aliphatic heterocycles. The number of ether oxygens (including phenoxy) is 1. The normalized spacial score (nSPS) is 23.0. The van der Waals surface area contributed by atoms with Gasteiger partial charge < -0.3 is 10.1 Å². The van der Waals surface area contributed by atoms with Crippen LogP contribution in [0, 0.1) is 18.8 Å². The van der Waals surface area contributed by atoms with Gasteiger partial charge in [-0.15, -0.1) is 0 Å². The van der Waals surface area contributed by atoms with E-state index < -0.39 is 10.0 Å². The largest absolute Gasteiger partial charge is 0.497 e. The van der Waals surface area contributed by atoms with E-state index in [-0.39, 0.29) is 16.8 Å². The van der Waals surface area contributed by atoms with E-state index in [1.807, 2.05) is 6.92 Å². The quantitative estimate of drug-likeness (QED) is 0.754. The number of nitrogens with one attached hydrogen (secondary N) is 2. The topological polar surface area (TPSA) is 84.5 Å². The van der Waals surface area contributed by atoms with Crippen molar-refractivity contribution in [1.82, 2.24) is 5.32 Å². The van der Waals surface area contributed by atoms with E-state index in [1.54, 1.807) is 30.3 Å². The van der Waals surface area contributed by atoms with Crippen molar-refractivity contribution in [2.24, 2.45) is 11.8 Å². The summed E-state index contributed by atoms with van der Waals surface area (Å²) in [6.45, 7) is 1.81. The first-order valence-corrected chi connectivity index (χ1v) is 11.4. The van der Waals surface area contributed by atoms with Crippen LogP contribution in [-0.2, 0) is 10.0 Å². The lowest BCUT2D eigenvalue weighted by Gasteiger charge is -2.23. The van der Waals surface area contributed by atoms with Crippen LogP contribution in [0.5, 0.6) is 5.75 Å². The summed E-state index contributed by atoms with van der Waals surface area (Å²) in [5, 5.41) is 3.15. The molecule has 29 heavy (non-hydrogen) atoms. The van der Waals surface area contributed by atoms with Gasteiger partial charge in [0.1, 0.15) is 5.75 Å². The molecule has 0 radical (unpaired) electrons. The molecule has 2 aromatic carbocycles. The molecule has 1 amide bonds. The van der Waals surface area contributed by atoms with Crippen LogP contribution < -0.4 is 14.8 Å². The van der Waals surface area contributed by atoms with Crippen LogP contribution in [0.15, 0.2) is 47.4 Å². The van der Waals surface area contributed by atoms with E-state index in [0.29, 0.717) is 22.9 Å². The molecule has 2 aliphatic rings. The maximum absolute atomic E-state index is 12.7. The third-order valence-corrected chi connectivity index (χ3v) is 7.55. The van der Waals surface area contributed by atoms with Crippen LogP contribution in [0.1, 0.15) is 41.6 Å². The van der Waals surface area contributed by atoms with Gasteiger partial charge in [0.25, 0.3) is 15.9 Å². The molecule has 2 saturated carbocycles. The predicted octanol–water partition coefficient (Wildman–Crippen LogP) is 3.72. The fourth-order valence-electron chi connectivity index (χ4n) is 4.50. The van der Waals surface area contributed by atoms with Crippen LogP contribution in [0.2, 0.25) is 0 Å². The molecule has 0 heterocycles. The first-order valence-electron chi connectivity index (χ1n) is 9.94. The third-order valence-electron chi connectivity index (χ3n) is 6.17. The number of sulfonamides is 1. The number of carbonyl (C=O) groups is 1. The Hall–Kier alpha value is -2.54. The lowest BCUT2D eigenvalue weighted by atomic mass is 9.95. The van der Waals surface area contributed by atoms with Crippen molar-refractivity contribution < 1.29 is 17.9 Å². The van der Waals surface area contributed by atoms with Gasteiger partial charge in [-0.3, -0.25) is 9.52 Å². The SMILES string of the molecule is COc1ccc(S(=O)(=O)Nc2cc(C(=O)N[C@H]3C[C@@H]4CC[C@@H]3C4)ccc2C)cc1. The summed E-state index contributed by atoms with van der Waals surface area (Å²) in [7, 11) is -2.24. The molecule has 0 saturated heterocycles. The number of methoxy groups -OCH3 is 1. The molecule has 0 unspecified atom stereocenters. The number of benzene rings is 2. The maximum atomic E-state index is 12.7. The van der Waals surface area contributed by atoms with Gasteiger partial charge in [-0.2, -0.15) is 0 Å². The first kappa shape index (κ1) is 19.8. The van der Waals surface area contributed by atoms with E-state index in [9.17, 15) is 13.2 Å². The minimum absolute atomic E-state index is 0.134. The average molecular weight is 415 g/mol. The highest BCUT2D eigenvalue weighted by molar-refractivity contribution is 7.92. The number of anilines is 1. The molecule has 2 aliphatic carbocycles. The molecule has 3 atom stereocenters. The zero-order valence-corrected chi connectivity index (χ0v) is 17.5. The molecule has 2 fully saturated rings. The second kappa shape index (κ2) is 7.71. The van der Waals surface area contributed by atoms with E-state index in [0.717, 1.165) is 17.9 Å². The van der Waals surface area contributed by atoms with E-state index in [1.165, 1.54) is 38.5 Å². The average Bonchev–Trinajstić information content (AvgIpc) is 3.32. The number of hydrogen-bond acceptors (Lipinski definition) is 4. The molecule has 2 N–H and O–H groups in total. The van der Waals surface area contributed by atoms with Crippen molar-refractivity contribution in [3.05, 3.63) is 53.6 Å². The number of hydrogen-bond donors (Lipinski definition) is 2. The van der Waals surface area contributed by atoms with Crippen molar-refractivity contribution in [3.8, 4) is 5.75 Å². The standard InChI is InChI=1S/C22H26N2O4S/c1-14-3-5-17(22(25)23-21-12-15-4-6-16(21)11-15)13-20(14)24-29(26,27)19-9-7-18(28-2)8-10-19/h3,5,7-10,13,15-16,21,24H,4,6,11-12H2,1-2H3,(H,23,25)/t15-,16-,21+/m1/s1. The van der Waals surface area contributed by atoms with Gasteiger partial charge in [-0.25, -0.2) is 8.42 Å². The highest BCUT2D eigenvalue weighted by Gasteiger charge is 2.40. The Balaban J connectivity index is 1.51. The second-order valence-corrected chi connectivity index (χ2v) is 9.75. The molecule has 2 bridgehead atoms. The molecule has 0 aromatic heterocycles. The molecule has 2 aromatic rings. The van der Waals surface area contributed by atoms with Crippen molar-refractivity contribution >= 4 is 21.6 Å². The van der Waals surface area contributed by atoms with Crippen LogP contribution in [0.25, 0.3) is 0 Å². The maximum Gasteiger partial charge on any atom is 0.261 e. The summed E-state index contributed by atoms with van der Waals surface area (Å²) in [6, 6.07) is 11.5. The van der Waals surface area contributed by atoms with Crippen LogP contribution >= 0.6 is 0 Å². The van der Waals surface area contributed by atoms with Gasteiger partial charge in [0.05, 0.1) is 17.7 Å². The number of aryl methyl sites for hydroxylation is 1. The smallest absolute Gasteiger partial charge is 0.261 e. The zero-order chi connectivity index (χ0) is 20.6. The summed E-state index contributed by atoms with van der Waals surface area (Å²) in [6.07, 6.45) is 4.74. The van der Waals surface area contributed by atoms with E-state index >= 15 is 0 Å². The number of fused-ring (bicyclic) bond motifs is 2. The molecular formula is C22H26N2O4S. The molecule has 154 valence electrons. The summed E-state index contributed by atoms with van der Waals surface area (Å²) < 4.78 is 33.2. The summed E-state index contributed by atoms with van der Waals surface area (Å²) in [5.74, 6) is 1.77. The summed E-state index contributed by atoms with van der Waals surface area (Å²) >= 11 is 0. The highest BCUT2D eigenvalue weighted by Crippen LogP contribution is 2.44. The Morgan fingerprint density at radius 1 is 1.07 bits per heavy atom. The van der Waals surface area contributed by atoms with Crippen molar-refractivity contribution in [3.63, 3.8) is 0 Å². The lowest BCUT2D eigenvalue weighted by Crippen LogP contribution is -2.38. The monoisotopic (exact) mass is 414 g/mol. The van der Waals surface area contributed by atoms with Gasteiger partial charge >= 0.3 is 0 Å². The Labute approximate surface area is 171 Å². The Morgan fingerprint density at radius 3 is 2.45 bits per heavy atom. The van der Waals surface area contributed by atoms with Crippen LogP contribution in [0.3, 0.4) is 0 Å².